The van der Waals surface area contributed by atoms with Gasteiger partial charge in [0.2, 0.25) is 5.67 Å². The molecule has 0 aromatic heterocycles. The number of thioether (sulfide) groups is 1. The van der Waals surface area contributed by atoms with Crippen LogP contribution in [0.25, 0.3) is 0 Å². The van der Waals surface area contributed by atoms with Crippen LogP contribution in [0.2, 0.25) is 0 Å². The number of alkyl halides is 5. The molecule has 66 valence electrons. The molecule has 6 heteroatoms. The van der Waals surface area contributed by atoms with Gasteiger partial charge < -0.3 is 0 Å². The SMILES string of the molecule is FC(F)C1(F)CSCC1(F)F. The van der Waals surface area contributed by atoms with E-state index in [-0.39, 0.29) is 0 Å². The van der Waals surface area contributed by atoms with Crippen LogP contribution in [0.5, 0.6) is 0 Å². The van der Waals surface area contributed by atoms with Gasteiger partial charge in [0.25, 0.3) is 12.3 Å². The molecular formula is C5H5F5S. The lowest BCUT2D eigenvalue weighted by atomic mass is 10.0. The molecule has 0 nitrogen and oxygen atoms in total. The van der Waals surface area contributed by atoms with E-state index < -0.39 is 29.5 Å². The lowest BCUT2D eigenvalue weighted by Crippen LogP contribution is -2.48. The van der Waals surface area contributed by atoms with E-state index in [9.17, 15) is 22.0 Å². The van der Waals surface area contributed by atoms with Gasteiger partial charge in [0.05, 0.1) is 5.75 Å². The Morgan fingerprint density at radius 3 is 1.82 bits per heavy atom. The first-order valence-electron chi connectivity index (χ1n) is 2.83. The Labute approximate surface area is 64.1 Å². The summed E-state index contributed by atoms with van der Waals surface area (Å²) in [5, 5.41) is 0. The quantitative estimate of drug-likeness (QED) is 0.574. The summed E-state index contributed by atoms with van der Waals surface area (Å²) >= 11 is 0.511. The van der Waals surface area contributed by atoms with Crippen LogP contribution in [0.15, 0.2) is 0 Å². The Kier molecular flexibility index (Phi) is 2.07. The van der Waals surface area contributed by atoms with Gasteiger partial charge in [0, 0.05) is 5.75 Å². The molecule has 1 atom stereocenters. The molecule has 0 N–H and O–H groups in total. The molecule has 1 rings (SSSR count). The van der Waals surface area contributed by atoms with Crippen LogP contribution in [0.4, 0.5) is 22.0 Å². The van der Waals surface area contributed by atoms with Crippen molar-refractivity contribution in [1.82, 2.24) is 0 Å². The van der Waals surface area contributed by atoms with Crippen LogP contribution in [-0.2, 0) is 0 Å². The second kappa shape index (κ2) is 2.50. The minimum atomic E-state index is -3.88. The van der Waals surface area contributed by atoms with E-state index in [2.05, 4.69) is 0 Å². The highest BCUT2D eigenvalue weighted by atomic mass is 32.2. The minimum absolute atomic E-state index is 0.511. The zero-order valence-electron chi connectivity index (χ0n) is 5.29. The van der Waals surface area contributed by atoms with Gasteiger partial charge in [-0.2, -0.15) is 11.8 Å². The summed E-state index contributed by atoms with van der Waals surface area (Å²) in [5.41, 5.74) is -3.61. The maximum Gasteiger partial charge on any atom is 0.296 e. The van der Waals surface area contributed by atoms with Gasteiger partial charge in [-0.05, 0) is 0 Å². The molecule has 0 aliphatic carbocycles. The van der Waals surface area contributed by atoms with Crippen molar-refractivity contribution in [3.63, 3.8) is 0 Å². The zero-order valence-corrected chi connectivity index (χ0v) is 6.11. The van der Waals surface area contributed by atoms with Crippen LogP contribution in [0.1, 0.15) is 0 Å². The van der Waals surface area contributed by atoms with Gasteiger partial charge in [0.1, 0.15) is 0 Å². The van der Waals surface area contributed by atoms with E-state index in [0.29, 0.717) is 11.8 Å². The summed E-state index contributed by atoms with van der Waals surface area (Å²) in [7, 11) is 0. The molecule has 0 radical (unpaired) electrons. The maximum atomic E-state index is 12.7. The molecule has 1 fully saturated rings. The Hall–Kier alpha value is -0.0000000000000000555. The number of hydrogen-bond acceptors (Lipinski definition) is 1. The van der Waals surface area contributed by atoms with Crippen LogP contribution >= 0.6 is 11.8 Å². The summed E-state index contributed by atoms with van der Waals surface area (Å²) in [6, 6.07) is 0. The lowest BCUT2D eigenvalue weighted by Gasteiger charge is -2.24. The Morgan fingerprint density at radius 2 is 1.64 bits per heavy atom. The standard InChI is InChI=1S/C5H5F5S/c6-3(7)4(8)1-11-2-5(4,9)10/h3H,1-2H2. The van der Waals surface area contributed by atoms with Gasteiger partial charge in [0.15, 0.2) is 0 Å². The molecule has 1 heterocycles. The van der Waals surface area contributed by atoms with Crippen molar-refractivity contribution in [2.24, 2.45) is 0 Å². The summed E-state index contributed by atoms with van der Waals surface area (Å²) in [5.74, 6) is -5.56. The molecule has 0 bridgehead atoms. The van der Waals surface area contributed by atoms with E-state index in [1.807, 2.05) is 0 Å². The highest BCUT2D eigenvalue weighted by molar-refractivity contribution is 7.99. The topological polar surface area (TPSA) is 0 Å². The van der Waals surface area contributed by atoms with E-state index in [0.717, 1.165) is 0 Å². The summed E-state index contributed by atoms with van der Waals surface area (Å²) in [4.78, 5) is 0. The average molecular weight is 192 g/mol. The molecule has 0 aromatic carbocycles. The van der Waals surface area contributed by atoms with Gasteiger partial charge in [-0.25, -0.2) is 22.0 Å². The van der Waals surface area contributed by atoms with Gasteiger partial charge in [-0.1, -0.05) is 0 Å². The average Bonchev–Trinajstić information content (AvgIpc) is 2.09. The Bertz CT molecular complexity index is 159. The Morgan fingerprint density at radius 1 is 1.09 bits per heavy atom. The van der Waals surface area contributed by atoms with E-state index in [1.165, 1.54) is 0 Å². The minimum Gasteiger partial charge on any atom is -0.230 e. The lowest BCUT2D eigenvalue weighted by molar-refractivity contribution is -0.165. The third-order valence-corrected chi connectivity index (χ3v) is 2.74. The molecule has 1 unspecified atom stereocenters. The molecule has 0 aromatic rings. The summed E-state index contributed by atoms with van der Waals surface area (Å²) in [6.07, 6.45) is -3.60. The Balaban J connectivity index is 2.84. The van der Waals surface area contributed by atoms with Gasteiger partial charge in [-0.15, -0.1) is 0 Å². The van der Waals surface area contributed by atoms with E-state index >= 15 is 0 Å². The predicted molar refractivity (Wildman–Crippen MR) is 32.1 cm³/mol. The molecule has 1 saturated heterocycles. The summed E-state index contributed by atoms with van der Waals surface area (Å²) in [6.45, 7) is 0. The largest absolute Gasteiger partial charge is 0.296 e. The highest BCUT2D eigenvalue weighted by Crippen LogP contribution is 2.47. The fourth-order valence-corrected chi connectivity index (χ4v) is 2.01. The summed E-state index contributed by atoms with van der Waals surface area (Å²) < 4.78 is 60.9. The van der Waals surface area contributed by atoms with E-state index in [1.54, 1.807) is 0 Å². The monoisotopic (exact) mass is 192 g/mol. The first kappa shape index (κ1) is 9.09. The normalized spacial score (nSPS) is 36.5. The maximum absolute atomic E-state index is 12.7. The number of hydrogen-bond donors (Lipinski definition) is 0. The fraction of sp³-hybridized carbons (Fsp3) is 1.00. The molecule has 11 heavy (non-hydrogen) atoms. The van der Waals surface area contributed by atoms with Crippen molar-refractivity contribution >= 4 is 11.8 Å². The predicted octanol–water partition coefficient (Wildman–Crippen LogP) is 2.34. The van der Waals surface area contributed by atoms with Crippen LogP contribution in [0, 0.1) is 0 Å². The molecule has 0 saturated carbocycles. The van der Waals surface area contributed by atoms with Crippen LogP contribution in [0.3, 0.4) is 0 Å². The van der Waals surface area contributed by atoms with Crippen LogP contribution in [-0.4, -0.2) is 29.5 Å². The van der Waals surface area contributed by atoms with Crippen molar-refractivity contribution in [2.75, 3.05) is 11.5 Å². The first-order chi connectivity index (χ1) is 4.90. The van der Waals surface area contributed by atoms with Crippen molar-refractivity contribution in [2.45, 2.75) is 18.0 Å². The zero-order chi connectivity index (χ0) is 8.70. The third kappa shape index (κ3) is 1.21. The molecule has 1 aliphatic rings. The fourth-order valence-electron chi connectivity index (χ4n) is 0.776. The third-order valence-electron chi connectivity index (χ3n) is 1.55. The molecule has 0 spiro atoms. The smallest absolute Gasteiger partial charge is 0.230 e. The molecule has 1 aliphatic heterocycles. The molecular weight excluding hydrogens is 187 g/mol. The number of halogens is 5. The van der Waals surface area contributed by atoms with Crippen molar-refractivity contribution in [1.29, 1.82) is 0 Å². The second-order valence-electron chi connectivity index (χ2n) is 2.36. The van der Waals surface area contributed by atoms with Crippen molar-refractivity contribution < 1.29 is 22.0 Å². The van der Waals surface area contributed by atoms with E-state index in [4.69, 9.17) is 0 Å². The first-order valence-corrected chi connectivity index (χ1v) is 3.98. The van der Waals surface area contributed by atoms with Crippen molar-refractivity contribution in [3.05, 3.63) is 0 Å². The second-order valence-corrected chi connectivity index (χ2v) is 3.35. The number of rotatable bonds is 1. The van der Waals surface area contributed by atoms with Gasteiger partial charge >= 0.3 is 0 Å². The van der Waals surface area contributed by atoms with Gasteiger partial charge in [-0.3, -0.25) is 0 Å². The molecule has 0 amide bonds. The highest BCUT2D eigenvalue weighted by Gasteiger charge is 2.64. The van der Waals surface area contributed by atoms with Crippen molar-refractivity contribution in [3.8, 4) is 0 Å². The van der Waals surface area contributed by atoms with Crippen LogP contribution < -0.4 is 0 Å².